The predicted molar refractivity (Wildman–Crippen MR) is 158 cm³/mol. The Morgan fingerprint density at radius 3 is 2.40 bits per heavy atom. The van der Waals surface area contributed by atoms with Crippen molar-refractivity contribution in [3.63, 3.8) is 0 Å². The zero-order chi connectivity index (χ0) is 27.5. The molecule has 40 heavy (non-hydrogen) atoms. The van der Waals surface area contributed by atoms with Gasteiger partial charge in [-0.3, -0.25) is 10.1 Å². The van der Waals surface area contributed by atoms with Gasteiger partial charge in [0.1, 0.15) is 5.75 Å². The van der Waals surface area contributed by atoms with Gasteiger partial charge >= 0.3 is 5.97 Å². The maximum Gasteiger partial charge on any atom is 0.339 e. The SMILES string of the molecule is COc1ccc(-c2csc(NC(=O)COC(=O)c3cc(-c4cccc5ccccc45)nc4ccccc34)n2)cc1. The fraction of sp³-hybridized carbons (Fsp3) is 0.0625. The lowest BCUT2D eigenvalue weighted by Gasteiger charge is -2.11. The summed E-state index contributed by atoms with van der Waals surface area (Å²) in [5.74, 6) is -0.328. The molecule has 2 heterocycles. The molecule has 0 aliphatic heterocycles. The number of rotatable bonds is 7. The van der Waals surface area contributed by atoms with Gasteiger partial charge in [-0.15, -0.1) is 11.3 Å². The molecule has 0 aliphatic rings. The van der Waals surface area contributed by atoms with Crippen LogP contribution in [0.4, 0.5) is 5.13 Å². The summed E-state index contributed by atoms with van der Waals surface area (Å²) >= 11 is 1.29. The number of carbonyl (C=O) groups is 2. The van der Waals surface area contributed by atoms with Gasteiger partial charge in [0.2, 0.25) is 0 Å². The highest BCUT2D eigenvalue weighted by Gasteiger charge is 2.18. The number of esters is 1. The van der Waals surface area contributed by atoms with E-state index < -0.39 is 18.5 Å². The number of carbonyl (C=O) groups excluding carboxylic acids is 2. The third-order valence-corrected chi connectivity index (χ3v) is 7.23. The summed E-state index contributed by atoms with van der Waals surface area (Å²) in [5, 5.41) is 7.74. The molecule has 0 atom stereocenters. The van der Waals surface area contributed by atoms with E-state index in [1.807, 2.05) is 96.4 Å². The molecule has 0 radical (unpaired) electrons. The molecule has 6 aromatic rings. The van der Waals surface area contributed by atoms with Crippen LogP contribution in [0, 0.1) is 0 Å². The summed E-state index contributed by atoms with van der Waals surface area (Å²) in [4.78, 5) is 35.2. The van der Waals surface area contributed by atoms with Crippen LogP contribution in [0.3, 0.4) is 0 Å². The summed E-state index contributed by atoms with van der Waals surface area (Å²) in [7, 11) is 1.61. The second-order valence-electron chi connectivity index (χ2n) is 8.99. The molecular weight excluding hydrogens is 522 g/mol. The van der Waals surface area contributed by atoms with Crippen LogP contribution in [-0.2, 0) is 9.53 Å². The van der Waals surface area contributed by atoms with E-state index in [2.05, 4.69) is 10.3 Å². The van der Waals surface area contributed by atoms with Crippen molar-refractivity contribution in [2.45, 2.75) is 0 Å². The second-order valence-corrected chi connectivity index (χ2v) is 9.85. The first-order valence-corrected chi connectivity index (χ1v) is 13.4. The Kier molecular flexibility index (Phi) is 6.91. The third kappa shape index (κ3) is 5.12. The fourth-order valence-corrected chi connectivity index (χ4v) is 5.26. The van der Waals surface area contributed by atoms with Gasteiger partial charge in [-0.05, 0) is 47.2 Å². The summed E-state index contributed by atoms with van der Waals surface area (Å²) in [6.45, 7) is -0.448. The van der Waals surface area contributed by atoms with Crippen molar-refractivity contribution in [3.8, 4) is 28.3 Å². The number of benzene rings is 4. The molecule has 7 nitrogen and oxygen atoms in total. The van der Waals surface area contributed by atoms with Crippen molar-refractivity contribution in [1.29, 1.82) is 0 Å². The number of aromatic nitrogens is 2. The van der Waals surface area contributed by atoms with Crippen molar-refractivity contribution in [2.75, 3.05) is 19.0 Å². The number of pyridine rings is 1. The minimum Gasteiger partial charge on any atom is -0.497 e. The maximum absolute atomic E-state index is 13.3. The molecule has 8 heteroatoms. The van der Waals surface area contributed by atoms with Crippen LogP contribution >= 0.6 is 11.3 Å². The summed E-state index contributed by atoms with van der Waals surface area (Å²) < 4.78 is 10.6. The number of methoxy groups -OCH3 is 1. The normalized spacial score (nSPS) is 10.9. The van der Waals surface area contributed by atoms with Gasteiger partial charge in [0, 0.05) is 21.9 Å². The van der Waals surface area contributed by atoms with Crippen LogP contribution in [0.1, 0.15) is 10.4 Å². The minimum absolute atomic E-state index is 0.345. The van der Waals surface area contributed by atoms with E-state index in [9.17, 15) is 9.59 Å². The standard InChI is InChI=1S/C32H23N3O4S/c1-38-22-15-13-21(14-16-22)29-19-40-32(34-29)35-30(36)18-39-31(37)26-17-28(33-27-12-5-4-10-25(26)27)24-11-6-8-20-7-2-3-9-23(20)24/h2-17,19H,18H2,1H3,(H,34,35,36). The van der Waals surface area contributed by atoms with Crippen LogP contribution in [0.15, 0.2) is 102 Å². The average Bonchev–Trinajstić information content (AvgIpc) is 3.47. The second kappa shape index (κ2) is 11.0. The Labute approximate surface area is 234 Å². The van der Waals surface area contributed by atoms with Gasteiger partial charge in [-0.1, -0.05) is 60.7 Å². The van der Waals surface area contributed by atoms with Gasteiger partial charge in [0.15, 0.2) is 11.7 Å². The Bertz CT molecular complexity index is 1860. The number of thiazole rings is 1. The molecule has 1 N–H and O–H groups in total. The van der Waals surface area contributed by atoms with Crippen molar-refractivity contribution in [1.82, 2.24) is 9.97 Å². The summed E-state index contributed by atoms with van der Waals surface area (Å²) in [6, 6.07) is 30.6. The molecule has 1 amide bonds. The largest absolute Gasteiger partial charge is 0.497 e. The lowest BCUT2D eigenvalue weighted by atomic mass is 9.99. The Morgan fingerprint density at radius 2 is 1.57 bits per heavy atom. The van der Waals surface area contributed by atoms with Crippen molar-refractivity contribution in [2.24, 2.45) is 0 Å². The highest BCUT2D eigenvalue weighted by molar-refractivity contribution is 7.14. The molecule has 0 saturated heterocycles. The van der Waals surface area contributed by atoms with E-state index in [0.29, 0.717) is 27.3 Å². The van der Waals surface area contributed by atoms with Crippen molar-refractivity contribution in [3.05, 3.63) is 108 Å². The molecule has 0 aliphatic carbocycles. The Balaban J connectivity index is 1.20. The molecule has 4 aromatic carbocycles. The van der Waals surface area contributed by atoms with Gasteiger partial charge in [-0.2, -0.15) is 0 Å². The number of para-hydroxylation sites is 1. The fourth-order valence-electron chi connectivity index (χ4n) is 4.52. The van der Waals surface area contributed by atoms with E-state index in [1.54, 1.807) is 13.2 Å². The van der Waals surface area contributed by atoms with Crippen LogP contribution in [-0.4, -0.2) is 35.6 Å². The van der Waals surface area contributed by atoms with Gasteiger partial charge in [-0.25, -0.2) is 14.8 Å². The maximum atomic E-state index is 13.3. The van der Waals surface area contributed by atoms with E-state index in [1.165, 1.54) is 11.3 Å². The molecule has 6 rings (SSSR count). The first-order valence-electron chi connectivity index (χ1n) is 12.5. The number of nitrogens with one attached hydrogen (secondary N) is 1. The first-order chi connectivity index (χ1) is 19.6. The molecule has 2 aromatic heterocycles. The van der Waals surface area contributed by atoms with Crippen LogP contribution < -0.4 is 10.1 Å². The topological polar surface area (TPSA) is 90.4 Å². The van der Waals surface area contributed by atoms with Gasteiger partial charge < -0.3 is 9.47 Å². The number of nitrogens with zero attached hydrogens (tertiary/aromatic N) is 2. The molecule has 0 fully saturated rings. The molecule has 0 unspecified atom stereocenters. The number of hydrogen-bond acceptors (Lipinski definition) is 7. The monoisotopic (exact) mass is 545 g/mol. The predicted octanol–water partition coefficient (Wildman–Crippen LogP) is 6.98. The van der Waals surface area contributed by atoms with Gasteiger partial charge in [0.25, 0.3) is 5.91 Å². The number of anilines is 1. The Morgan fingerprint density at radius 1 is 0.825 bits per heavy atom. The van der Waals surface area contributed by atoms with E-state index >= 15 is 0 Å². The van der Waals surface area contributed by atoms with Crippen molar-refractivity contribution < 1.29 is 19.1 Å². The third-order valence-electron chi connectivity index (χ3n) is 6.47. The lowest BCUT2D eigenvalue weighted by Crippen LogP contribution is -2.21. The van der Waals surface area contributed by atoms with Crippen LogP contribution in [0.5, 0.6) is 5.75 Å². The van der Waals surface area contributed by atoms with E-state index in [0.717, 1.165) is 33.3 Å². The number of amides is 1. The van der Waals surface area contributed by atoms with Crippen molar-refractivity contribution >= 4 is 50.0 Å². The molecule has 196 valence electrons. The highest BCUT2D eigenvalue weighted by atomic mass is 32.1. The Hall–Kier alpha value is -5.08. The average molecular weight is 546 g/mol. The summed E-state index contributed by atoms with van der Waals surface area (Å²) in [6.07, 6.45) is 0. The smallest absolute Gasteiger partial charge is 0.339 e. The molecular formula is C32H23N3O4S. The van der Waals surface area contributed by atoms with E-state index in [-0.39, 0.29) is 0 Å². The van der Waals surface area contributed by atoms with Gasteiger partial charge in [0.05, 0.1) is 29.6 Å². The van der Waals surface area contributed by atoms with Crippen LogP contribution in [0.2, 0.25) is 0 Å². The molecule has 0 bridgehead atoms. The first kappa shape index (κ1) is 25.2. The number of fused-ring (bicyclic) bond motifs is 2. The zero-order valence-corrected chi connectivity index (χ0v) is 22.3. The number of hydrogen-bond donors (Lipinski definition) is 1. The number of ether oxygens (including phenoxy) is 2. The lowest BCUT2D eigenvalue weighted by molar-refractivity contribution is -0.119. The van der Waals surface area contributed by atoms with Crippen LogP contribution in [0.25, 0.3) is 44.2 Å². The highest BCUT2D eigenvalue weighted by Crippen LogP contribution is 2.31. The molecule has 0 spiro atoms. The zero-order valence-electron chi connectivity index (χ0n) is 21.5. The summed E-state index contributed by atoms with van der Waals surface area (Å²) in [5.41, 5.74) is 4.20. The minimum atomic E-state index is -0.603. The molecule has 0 saturated carbocycles. The quantitative estimate of drug-likeness (QED) is 0.218. The van der Waals surface area contributed by atoms with E-state index in [4.69, 9.17) is 14.5 Å².